The number of nitrogens with one attached hydrogen (secondary N) is 3. The van der Waals surface area contributed by atoms with E-state index in [0.717, 1.165) is 11.1 Å². The number of para-hydroxylation sites is 1. The second-order valence-corrected chi connectivity index (χ2v) is 10.4. The highest BCUT2D eigenvalue weighted by Gasteiger charge is 2.37. The van der Waals surface area contributed by atoms with Crippen molar-refractivity contribution in [2.45, 2.75) is 30.9 Å². The monoisotopic (exact) mass is 624 g/mol. The van der Waals surface area contributed by atoms with Gasteiger partial charge in [0.15, 0.2) is 11.5 Å². The average Bonchev–Trinajstić information content (AvgIpc) is 3.45. The number of amides is 2. The number of anilines is 1. The molecule has 0 aliphatic carbocycles. The van der Waals surface area contributed by atoms with Crippen molar-refractivity contribution in [3.8, 4) is 17.2 Å². The van der Waals surface area contributed by atoms with Crippen LogP contribution in [0.3, 0.4) is 0 Å². The van der Waals surface area contributed by atoms with Crippen LogP contribution >= 0.6 is 0 Å². The van der Waals surface area contributed by atoms with Crippen LogP contribution in [0.15, 0.2) is 60.7 Å². The molecule has 3 aromatic carbocycles. The van der Waals surface area contributed by atoms with Gasteiger partial charge in [0.2, 0.25) is 6.79 Å². The first-order valence-electron chi connectivity index (χ1n) is 13.7. The first-order valence-corrected chi connectivity index (χ1v) is 13.7. The predicted molar refractivity (Wildman–Crippen MR) is 149 cm³/mol. The minimum atomic E-state index is -5.04. The van der Waals surface area contributed by atoms with E-state index in [-0.39, 0.29) is 25.4 Å². The Labute approximate surface area is 249 Å². The van der Waals surface area contributed by atoms with Gasteiger partial charge in [-0.2, -0.15) is 26.3 Å². The number of fused-ring (bicyclic) bond motifs is 1. The van der Waals surface area contributed by atoms with Crippen LogP contribution in [-0.4, -0.2) is 57.1 Å². The van der Waals surface area contributed by atoms with E-state index in [1.54, 1.807) is 12.1 Å². The Kier molecular flexibility index (Phi) is 9.11. The zero-order valence-electron chi connectivity index (χ0n) is 23.5. The first-order chi connectivity index (χ1) is 20.9. The van der Waals surface area contributed by atoms with Gasteiger partial charge in [-0.05, 0) is 48.4 Å². The van der Waals surface area contributed by atoms with Gasteiger partial charge in [-0.15, -0.1) is 0 Å². The second kappa shape index (κ2) is 12.8. The Morgan fingerprint density at radius 3 is 2.41 bits per heavy atom. The average molecular weight is 625 g/mol. The van der Waals surface area contributed by atoms with Gasteiger partial charge in [-0.25, -0.2) is 4.79 Å². The molecule has 2 aliphatic heterocycles. The molecule has 0 spiro atoms. The minimum Gasteiger partial charge on any atom is -0.496 e. The van der Waals surface area contributed by atoms with Gasteiger partial charge >= 0.3 is 18.4 Å². The first kappa shape index (κ1) is 31.3. The van der Waals surface area contributed by atoms with E-state index in [2.05, 4.69) is 20.9 Å². The summed E-state index contributed by atoms with van der Waals surface area (Å²) in [6, 6.07) is 12.4. The lowest BCUT2D eigenvalue weighted by molar-refractivity contribution is -0.143. The quantitative estimate of drug-likeness (QED) is 0.273. The maximum Gasteiger partial charge on any atom is 0.416 e. The number of urea groups is 1. The summed E-state index contributed by atoms with van der Waals surface area (Å²) in [5, 5.41) is 8.18. The molecule has 8 nitrogen and oxygen atoms in total. The van der Waals surface area contributed by atoms with Crippen LogP contribution in [0.5, 0.6) is 17.2 Å². The maximum atomic E-state index is 13.3. The SMILES string of the molecule is COc1ccccc1C(CNC(=O)Nc1cc(C(F)(F)F)cc(C(F)(F)F)c1)N1CCNCC1Cc1ccc2c(c1)OCO2. The zero-order chi connectivity index (χ0) is 31.5. The molecular formula is C30H30F6N4O4. The van der Waals surface area contributed by atoms with Crippen molar-refractivity contribution in [2.24, 2.45) is 0 Å². The third-order valence-corrected chi connectivity index (χ3v) is 7.50. The molecule has 2 amide bonds. The summed E-state index contributed by atoms with van der Waals surface area (Å²) in [7, 11) is 1.52. The standard InChI is InChI=1S/C30H30F6N4O4/c1-42-25-5-3-2-4-23(25)24(40-9-8-37-15-22(40)10-18-6-7-26-27(11-18)44-17-43-26)16-38-28(41)39-21-13-19(29(31,32)33)12-20(14-21)30(34,35)36/h2-7,11-14,22,24,37H,8-10,15-17H2,1H3,(H2,38,39,41). The highest BCUT2D eigenvalue weighted by Crippen LogP contribution is 2.38. The Bertz CT molecular complexity index is 1450. The second-order valence-electron chi connectivity index (χ2n) is 10.4. The molecular weight excluding hydrogens is 594 g/mol. The van der Waals surface area contributed by atoms with Gasteiger partial charge in [-0.1, -0.05) is 24.3 Å². The molecule has 0 bridgehead atoms. The third kappa shape index (κ3) is 7.30. The van der Waals surface area contributed by atoms with Gasteiger partial charge in [-0.3, -0.25) is 4.90 Å². The number of hydrogen-bond acceptors (Lipinski definition) is 6. The zero-order valence-corrected chi connectivity index (χ0v) is 23.5. The number of carbonyl (C=O) groups excluding carboxylic acids is 1. The van der Waals surface area contributed by atoms with E-state index >= 15 is 0 Å². The molecule has 0 radical (unpaired) electrons. The highest BCUT2D eigenvalue weighted by molar-refractivity contribution is 5.89. The van der Waals surface area contributed by atoms with E-state index in [4.69, 9.17) is 14.2 Å². The van der Waals surface area contributed by atoms with Crippen LogP contribution in [0.2, 0.25) is 0 Å². The van der Waals surface area contributed by atoms with E-state index in [0.29, 0.717) is 55.4 Å². The minimum absolute atomic E-state index is 0.00543. The molecule has 3 aromatic rings. The van der Waals surface area contributed by atoms with Gasteiger partial charge in [0, 0.05) is 43.5 Å². The predicted octanol–water partition coefficient (Wildman–Crippen LogP) is 5.84. The van der Waals surface area contributed by atoms with Crippen molar-refractivity contribution in [3.05, 3.63) is 82.9 Å². The number of hydrogen-bond donors (Lipinski definition) is 3. The Morgan fingerprint density at radius 2 is 1.70 bits per heavy atom. The van der Waals surface area contributed by atoms with E-state index in [1.807, 2.05) is 30.3 Å². The lowest BCUT2D eigenvalue weighted by atomic mass is 9.96. The van der Waals surface area contributed by atoms with Gasteiger partial charge in [0.25, 0.3) is 0 Å². The molecule has 0 aromatic heterocycles. The smallest absolute Gasteiger partial charge is 0.416 e. The van der Waals surface area contributed by atoms with Crippen molar-refractivity contribution < 1.29 is 45.3 Å². The summed E-state index contributed by atoms with van der Waals surface area (Å²) in [5.41, 5.74) is -1.93. The van der Waals surface area contributed by atoms with E-state index in [9.17, 15) is 31.1 Å². The number of nitrogens with zero attached hydrogens (tertiary/aromatic N) is 1. The largest absolute Gasteiger partial charge is 0.496 e. The number of piperazine rings is 1. The lowest BCUT2D eigenvalue weighted by Gasteiger charge is -2.42. The fourth-order valence-electron chi connectivity index (χ4n) is 5.46. The fourth-order valence-corrected chi connectivity index (χ4v) is 5.46. The Morgan fingerprint density at radius 1 is 1.00 bits per heavy atom. The van der Waals surface area contributed by atoms with Crippen LogP contribution in [0.1, 0.15) is 28.3 Å². The Balaban J connectivity index is 1.38. The maximum absolute atomic E-state index is 13.3. The summed E-state index contributed by atoms with van der Waals surface area (Å²) < 4.78 is 96.4. The Hall–Kier alpha value is -4.17. The summed E-state index contributed by atoms with van der Waals surface area (Å²) in [6.07, 6.45) is -9.47. The number of halogens is 6. The molecule has 0 saturated carbocycles. The van der Waals surface area contributed by atoms with Crippen molar-refractivity contribution in [2.75, 3.05) is 45.4 Å². The molecule has 2 aliphatic rings. The molecule has 3 N–H and O–H groups in total. The molecule has 236 valence electrons. The number of benzene rings is 3. The van der Waals surface area contributed by atoms with Crippen molar-refractivity contribution >= 4 is 11.7 Å². The van der Waals surface area contributed by atoms with E-state index in [1.165, 1.54) is 7.11 Å². The fraction of sp³-hybridized carbons (Fsp3) is 0.367. The molecule has 2 heterocycles. The summed E-state index contributed by atoms with van der Waals surface area (Å²) in [5.74, 6) is 1.88. The highest BCUT2D eigenvalue weighted by atomic mass is 19.4. The molecule has 5 rings (SSSR count). The molecule has 2 unspecified atom stereocenters. The van der Waals surface area contributed by atoms with Crippen molar-refractivity contribution in [3.63, 3.8) is 0 Å². The van der Waals surface area contributed by atoms with Crippen LogP contribution < -0.4 is 30.2 Å². The third-order valence-electron chi connectivity index (χ3n) is 7.50. The van der Waals surface area contributed by atoms with E-state index < -0.39 is 41.2 Å². The van der Waals surface area contributed by atoms with Crippen LogP contribution in [-0.2, 0) is 18.8 Å². The summed E-state index contributed by atoms with van der Waals surface area (Å²) in [4.78, 5) is 15.1. The molecule has 44 heavy (non-hydrogen) atoms. The van der Waals surface area contributed by atoms with Gasteiger partial charge in [0.1, 0.15) is 5.75 Å². The van der Waals surface area contributed by atoms with Gasteiger partial charge in [0.05, 0.1) is 24.3 Å². The summed E-state index contributed by atoms with van der Waals surface area (Å²) >= 11 is 0. The van der Waals surface area contributed by atoms with Crippen molar-refractivity contribution in [1.82, 2.24) is 15.5 Å². The normalized spacial score (nSPS) is 17.7. The number of alkyl halides is 6. The van der Waals surface area contributed by atoms with Crippen LogP contribution in [0, 0.1) is 0 Å². The summed E-state index contributed by atoms with van der Waals surface area (Å²) in [6.45, 7) is 1.99. The van der Waals surface area contributed by atoms with Crippen LogP contribution in [0.4, 0.5) is 36.8 Å². The van der Waals surface area contributed by atoms with Crippen LogP contribution in [0.25, 0.3) is 0 Å². The van der Waals surface area contributed by atoms with Gasteiger partial charge < -0.3 is 30.2 Å². The molecule has 1 saturated heterocycles. The number of ether oxygens (including phenoxy) is 3. The number of methoxy groups -OCH3 is 1. The molecule has 1 fully saturated rings. The topological polar surface area (TPSA) is 84.1 Å². The molecule has 2 atom stereocenters. The molecule has 14 heteroatoms. The number of carbonyl (C=O) groups is 1. The van der Waals surface area contributed by atoms with Crippen molar-refractivity contribution in [1.29, 1.82) is 0 Å². The number of rotatable bonds is 8. The lowest BCUT2D eigenvalue weighted by Crippen LogP contribution is -2.55.